The second kappa shape index (κ2) is 6.51. The number of ether oxygens (including phenoxy) is 2. The first-order valence-corrected chi connectivity index (χ1v) is 5.57. The lowest BCUT2D eigenvalue weighted by molar-refractivity contribution is 0.0465. The van der Waals surface area contributed by atoms with Gasteiger partial charge in [-0.2, -0.15) is 0 Å². The first kappa shape index (κ1) is 13.0. The van der Waals surface area contributed by atoms with Gasteiger partial charge in [-0.05, 0) is 31.5 Å². The van der Waals surface area contributed by atoms with E-state index < -0.39 is 6.10 Å². The quantitative estimate of drug-likeness (QED) is 0.807. The number of rotatable bonds is 6. The van der Waals surface area contributed by atoms with Crippen LogP contribution in [-0.2, 0) is 4.74 Å². The lowest BCUT2D eigenvalue weighted by Gasteiger charge is -2.13. The Bertz CT molecular complexity index is 293. The third kappa shape index (κ3) is 4.21. The maximum absolute atomic E-state index is 9.88. The van der Waals surface area contributed by atoms with E-state index in [0.29, 0.717) is 13.0 Å². The van der Waals surface area contributed by atoms with Crippen LogP contribution in [0.4, 0.5) is 0 Å². The highest BCUT2D eigenvalue weighted by Crippen LogP contribution is 2.20. The highest BCUT2D eigenvalue weighted by Gasteiger charge is 2.07. The maximum Gasteiger partial charge on any atom is 0.118 e. The van der Waals surface area contributed by atoms with Crippen LogP contribution >= 0.6 is 0 Å². The molecule has 16 heavy (non-hydrogen) atoms. The summed E-state index contributed by atoms with van der Waals surface area (Å²) in [5.74, 6) is 0.800. The van der Waals surface area contributed by atoms with Gasteiger partial charge in [0.2, 0.25) is 0 Å². The molecule has 0 aliphatic heterocycles. The topological polar surface area (TPSA) is 38.7 Å². The Balaban J connectivity index is 2.43. The maximum atomic E-state index is 9.88. The van der Waals surface area contributed by atoms with E-state index in [-0.39, 0.29) is 6.10 Å². The van der Waals surface area contributed by atoms with Crippen LogP contribution in [-0.4, -0.2) is 24.9 Å². The van der Waals surface area contributed by atoms with Gasteiger partial charge in [0.15, 0.2) is 0 Å². The van der Waals surface area contributed by atoms with E-state index in [4.69, 9.17) is 9.47 Å². The molecule has 90 valence electrons. The molecule has 3 nitrogen and oxygen atoms in total. The summed E-state index contributed by atoms with van der Waals surface area (Å²) in [5.41, 5.74) is 0.896. The Hall–Kier alpha value is -1.06. The van der Waals surface area contributed by atoms with Crippen LogP contribution in [0.25, 0.3) is 0 Å². The molecule has 1 unspecified atom stereocenters. The first-order chi connectivity index (χ1) is 7.63. The molecule has 0 bridgehead atoms. The third-order valence-electron chi connectivity index (χ3n) is 2.34. The van der Waals surface area contributed by atoms with E-state index in [1.807, 2.05) is 38.1 Å². The van der Waals surface area contributed by atoms with Gasteiger partial charge in [0.05, 0.1) is 19.3 Å². The molecule has 0 radical (unpaired) electrons. The Kier molecular flexibility index (Phi) is 5.29. The van der Waals surface area contributed by atoms with Crippen molar-refractivity contribution in [3.05, 3.63) is 29.8 Å². The summed E-state index contributed by atoms with van der Waals surface area (Å²) in [7, 11) is 1.63. The fraction of sp³-hybridized carbons (Fsp3) is 0.538. The summed E-state index contributed by atoms with van der Waals surface area (Å²) in [6.45, 7) is 4.55. The van der Waals surface area contributed by atoms with Crippen molar-refractivity contribution in [2.24, 2.45) is 0 Å². The SMILES string of the molecule is COc1ccc(C(O)CCOC(C)C)cc1. The summed E-state index contributed by atoms with van der Waals surface area (Å²) >= 11 is 0. The van der Waals surface area contributed by atoms with Crippen molar-refractivity contribution in [2.45, 2.75) is 32.5 Å². The van der Waals surface area contributed by atoms with Crippen LogP contribution in [0.1, 0.15) is 31.9 Å². The van der Waals surface area contributed by atoms with E-state index in [0.717, 1.165) is 11.3 Å². The zero-order chi connectivity index (χ0) is 12.0. The Morgan fingerprint density at radius 2 is 1.81 bits per heavy atom. The van der Waals surface area contributed by atoms with Crippen LogP contribution in [0, 0.1) is 0 Å². The Morgan fingerprint density at radius 3 is 2.31 bits per heavy atom. The van der Waals surface area contributed by atoms with E-state index in [1.165, 1.54) is 0 Å². The summed E-state index contributed by atoms with van der Waals surface area (Å²) in [6, 6.07) is 7.45. The fourth-order valence-electron chi connectivity index (χ4n) is 1.41. The van der Waals surface area contributed by atoms with Crippen LogP contribution in [0.15, 0.2) is 24.3 Å². The highest BCUT2D eigenvalue weighted by atomic mass is 16.5. The molecule has 1 aromatic rings. The fourth-order valence-corrected chi connectivity index (χ4v) is 1.41. The van der Waals surface area contributed by atoms with Crippen molar-refractivity contribution in [3.8, 4) is 5.75 Å². The summed E-state index contributed by atoms with van der Waals surface area (Å²) < 4.78 is 10.4. The van der Waals surface area contributed by atoms with Crippen molar-refractivity contribution < 1.29 is 14.6 Å². The standard InChI is InChI=1S/C13H20O3/c1-10(2)16-9-8-13(14)11-4-6-12(15-3)7-5-11/h4-7,10,13-14H,8-9H2,1-3H3. The lowest BCUT2D eigenvalue weighted by Crippen LogP contribution is -2.08. The van der Waals surface area contributed by atoms with E-state index in [1.54, 1.807) is 7.11 Å². The predicted molar refractivity (Wildman–Crippen MR) is 63.7 cm³/mol. The molecule has 0 saturated heterocycles. The molecule has 0 heterocycles. The van der Waals surface area contributed by atoms with Crippen molar-refractivity contribution >= 4 is 0 Å². The number of methoxy groups -OCH3 is 1. The average molecular weight is 224 g/mol. The number of hydrogen-bond donors (Lipinski definition) is 1. The van der Waals surface area contributed by atoms with Gasteiger partial charge >= 0.3 is 0 Å². The summed E-state index contributed by atoms with van der Waals surface area (Å²) in [5, 5.41) is 9.88. The van der Waals surface area contributed by atoms with E-state index in [9.17, 15) is 5.11 Å². The monoisotopic (exact) mass is 224 g/mol. The van der Waals surface area contributed by atoms with E-state index in [2.05, 4.69) is 0 Å². The minimum atomic E-state index is -0.468. The molecule has 0 fully saturated rings. The molecule has 1 atom stereocenters. The summed E-state index contributed by atoms with van der Waals surface area (Å²) in [4.78, 5) is 0. The van der Waals surface area contributed by atoms with Crippen LogP contribution in [0.5, 0.6) is 5.75 Å². The average Bonchev–Trinajstić information content (AvgIpc) is 2.28. The van der Waals surface area contributed by atoms with Crippen LogP contribution < -0.4 is 4.74 Å². The molecule has 3 heteroatoms. The molecule has 1 rings (SSSR count). The molecule has 0 aliphatic rings. The van der Waals surface area contributed by atoms with Gasteiger partial charge in [-0.15, -0.1) is 0 Å². The second-order valence-corrected chi connectivity index (χ2v) is 4.00. The molecular formula is C13H20O3. The van der Waals surface area contributed by atoms with Crippen LogP contribution in [0.3, 0.4) is 0 Å². The first-order valence-electron chi connectivity index (χ1n) is 5.57. The molecule has 0 aliphatic carbocycles. The predicted octanol–water partition coefficient (Wildman–Crippen LogP) is 2.54. The number of hydrogen-bond acceptors (Lipinski definition) is 3. The normalized spacial score (nSPS) is 12.8. The minimum Gasteiger partial charge on any atom is -0.497 e. The largest absolute Gasteiger partial charge is 0.497 e. The summed E-state index contributed by atoms with van der Waals surface area (Å²) in [6.07, 6.45) is 0.359. The molecule has 1 N–H and O–H groups in total. The third-order valence-corrected chi connectivity index (χ3v) is 2.34. The van der Waals surface area contributed by atoms with Gasteiger partial charge in [-0.25, -0.2) is 0 Å². The lowest BCUT2D eigenvalue weighted by atomic mass is 10.1. The smallest absolute Gasteiger partial charge is 0.118 e. The molecule has 1 aromatic carbocycles. The number of aliphatic hydroxyl groups excluding tert-OH is 1. The number of aliphatic hydroxyl groups is 1. The van der Waals surface area contributed by atoms with Gasteiger partial charge in [-0.1, -0.05) is 12.1 Å². The second-order valence-electron chi connectivity index (χ2n) is 4.00. The molecule has 0 amide bonds. The number of benzene rings is 1. The Labute approximate surface area is 97.0 Å². The Morgan fingerprint density at radius 1 is 1.19 bits per heavy atom. The molecular weight excluding hydrogens is 204 g/mol. The molecule has 0 spiro atoms. The van der Waals surface area contributed by atoms with Crippen LogP contribution in [0.2, 0.25) is 0 Å². The minimum absolute atomic E-state index is 0.211. The van der Waals surface area contributed by atoms with E-state index >= 15 is 0 Å². The van der Waals surface area contributed by atoms with Crippen molar-refractivity contribution in [2.75, 3.05) is 13.7 Å². The highest BCUT2D eigenvalue weighted by molar-refractivity contribution is 5.28. The van der Waals surface area contributed by atoms with Gasteiger partial charge in [0.25, 0.3) is 0 Å². The zero-order valence-electron chi connectivity index (χ0n) is 10.1. The van der Waals surface area contributed by atoms with Crippen molar-refractivity contribution in [1.29, 1.82) is 0 Å². The van der Waals surface area contributed by atoms with Crippen molar-refractivity contribution in [1.82, 2.24) is 0 Å². The van der Waals surface area contributed by atoms with Gasteiger partial charge < -0.3 is 14.6 Å². The van der Waals surface area contributed by atoms with Gasteiger partial charge in [0, 0.05) is 13.0 Å². The molecule has 0 saturated carbocycles. The van der Waals surface area contributed by atoms with Crippen molar-refractivity contribution in [3.63, 3.8) is 0 Å². The zero-order valence-corrected chi connectivity index (χ0v) is 10.1. The van der Waals surface area contributed by atoms with Gasteiger partial charge in [0.1, 0.15) is 5.75 Å². The molecule has 0 aromatic heterocycles. The van der Waals surface area contributed by atoms with Gasteiger partial charge in [-0.3, -0.25) is 0 Å².